The fourth-order valence-electron chi connectivity index (χ4n) is 4.61. The smallest absolute Gasteiger partial charge is 0.309 e. The van der Waals surface area contributed by atoms with Gasteiger partial charge in [-0.1, -0.05) is 20.8 Å². The number of carboxylic acids is 1. The van der Waals surface area contributed by atoms with Crippen LogP contribution in [0, 0.1) is 22.6 Å². The fourth-order valence-corrected chi connectivity index (χ4v) is 4.61. The van der Waals surface area contributed by atoms with Gasteiger partial charge in [-0.2, -0.15) is 0 Å². The molecule has 198 valence electrons. The summed E-state index contributed by atoms with van der Waals surface area (Å²) in [6.45, 7) is 8.30. The normalized spacial score (nSPS) is 25.4. The Morgan fingerprint density at radius 1 is 1.17 bits per heavy atom. The highest BCUT2D eigenvalue weighted by molar-refractivity contribution is 6.12. The van der Waals surface area contributed by atoms with Gasteiger partial charge >= 0.3 is 5.97 Å². The molecule has 36 heavy (non-hydrogen) atoms. The Balaban J connectivity index is 1.77. The molecule has 2 N–H and O–H groups in total. The summed E-state index contributed by atoms with van der Waals surface area (Å²) in [5.74, 6) is -2.83. The molecule has 0 spiro atoms. The maximum atomic E-state index is 14.8. The number of halogens is 1. The highest BCUT2D eigenvalue weighted by atomic mass is 19.1. The molecule has 1 aromatic carbocycles. The van der Waals surface area contributed by atoms with Crippen molar-refractivity contribution in [1.82, 2.24) is 5.32 Å². The molecule has 3 rings (SSSR count). The first-order valence-corrected chi connectivity index (χ1v) is 12.5. The molecule has 0 radical (unpaired) electrons. The van der Waals surface area contributed by atoms with Gasteiger partial charge < -0.3 is 19.9 Å². The van der Waals surface area contributed by atoms with Crippen LogP contribution < -0.4 is 14.8 Å². The average molecular weight is 505 g/mol. The standard InChI is InChI=1S/C27H37FN2O6/c1-26(2,3)15-29-23(31)17-7-6-8-20(17)30-24(32)18-13-22(19(28)14-21(18)35-5)36-16-9-11-27(4,12-10-16)25(33)34/h13-14,16-17H,6-12,15H2,1-5H3,(H,29,31)(H,33,34)/t16?,17-,27?/m0/s1. The number of amides is 2. The molecule has 2 amide bonds. The molecule has 2 aliphatic carbocycles. The van der Waals surface area contributed by atoms with E-state index in [0.717, 1.165) is 12.5 Å². The van der Waals surface area contributed by atoms with E-state index in [0.29, 0.717) is 50.8 Å². The first-order chi connectivity index (χ1) is 16.8. The lowest BCUT2D eigenvalue weighted by molar-refractivity contribution is -0.150. The van der Waals surface area contributed by atoms with Gasteiger partial charge in [-0.25, -0.2) is 9.38 Å². The minimum atomic E-state index is -0.846. The van der Waals surface area contributed by atoms with Gasteiger partial charge in [-0.3, -0.25) is 14.4 Å². The highest BCUT2D eigenvalue weighted by Crippen LogP contribution is 2.38. The van der Waals surface area contributed by atoms with E-state index in [1.165, 1.54) is 13.2 Å². The van der Waals surface area contributed by atoms with Gasteiger partial charge in [0.25, 0.3) is 5.91 Å². The molecule has 0 bridgehead atoms. The van der Waals surface area contributed by atoms with Crippen LogP contribution in [0.15, 0.2) is 17.1 Å². The number of nitrogens with zero attached hydrogens (tertiary/aromatic N) is 1. The van der Waals surface area contributed by atoms with E-state index < -0.39 is 29.0 Å². The van der Waals surface area contributed by atoms with Gasteiger partial charge in [0.1, 0.15) is 5.75 Å². The van der Waals surface area contributed by atoms with E-state index in [1.807, 2.05) is 20.8 Å². The highest BCUT2D eigenvalue weighted by Gasteiger charge is 2.38. The molecule has 1 aromatic rings. The summed E-state index contributed by atoms with van der Waals surface area (Å²) in [7, 11) is 1.34. The Bertz CT molecular complexity index is 1040. The maximum absolute atomic E-state index is 14.8. The van der Waals surface area contributed by atoms with Crippen molar-refractivity contribution in [3.63, 3.8) is 0 Å². The zero-order valence-corrected chi connectivity index (χ0v) is 21.8. The number of ether oxygens (including phenoxy) is 2. The van der Waals surface area contributed by atoms with Crippen molar-refractivity contribution in [2.75, 3.05) is 13.7 Å². The van der Waals surface area contributed by atoms with Crippen molar-refractivity contribution in [2.24, 2.45) is 21.7 Å². The third-order valence-electron chi connectivity index (χ3n) is 7.01. The quantitative estimate of drug-likeness (QED) is 0.552. The first-order valence-electron chi connectivity index (χ1n) is 12.5. The van der Waals surface area contributed by atoms with Crippen LogP contribution in [0.1, 0.15) is 83.0 Å². The van der Waals surface area contributed by atoms with Crippen LogP contribution >= 0.6 is 0 Å². The summed E-state index contributed by atoms with van der Waals surface area (Å²) in [5.41, 5.74) is -0.315. The van der Waals surface area contributed by atoms with E-state index in [4.69, 9.17) is 9.47 Å². The van der Waals surface area contributed by atoms with Crippen LogP contribution in [0.3, 0.4) is 0 Å². The molecule has 0 heterocycles. The number of rotatable bonds is 7. The molecule has 0 aliphatic heterocycles. The SMILES string of the molecule is COc1cc(F)c(OC2CCC(C)(C(=O)O)CC2)cc1C(=O)N=C1CCC[C@@H]1C(=O)NCC(C)(C)C. The zero-order valence-electron chi connectivity index (χ0n) is 21.8. The Hall–Kier alpha value is -2.97. The van der Waals surface area contributed by atoms with Crippen molar-refractivity contribution in [1.29, 1.82) is 0 Å². The summed E-state index contributed by atoms with van der Waals surface area (Å²) < 4.78 is 25.9. The van der Waals surface area contributed by atoms with E-state index >= 15 is 0 Å². The Labute approximate surface area is 211 Å². The van der Waals surface area contributed by atoms with E-state index in [9.17, 15) is 23.9 Å². The number of aliphatic carboxylic acids is 1. The van der Waals surface area contributed by atoms with Crippen molar-refractivity contribution in [2.45, 2.75) is 78.7 Å². The zero-order chi connectivity index (χ0) is 26.7. The Morgan fingerprint density at radius 2 is 1.83 bits per heavy atom. The predicted molar refractivity (Wildman–Crippen MR) is 133 cm³/mol. The van der Waals surface area contributed by atoms with Gasteiger partial charge in [-0.05, 0) is 63.4 Å². The average Bonchev–Trinajstić information content (AvgIpc) is 3.27. The number of carbonyl (C=O) groups is 3. The Kier molecular flexibility index (Phi) is 8.41. The maximum Gasteiger partial charge on any atom is 0.309 e. The summed E-state index contributed by atoms with van der Waals surface area (Å²) in [6.07, 6.45) is 3.32. The van der Waals surface area contributed by atoms with Gasteiger partial charge in [0, 0.05) is 18.3 Å². The molecule has 0 unspecified atom stereocenters. The van der Waals surface area contributed by atoms with Crippen LogP contribution in [-0.2, 0) is 9.59 Å². The molecule has 2 fully saturated rings. The van der Waals surface area contributed by atoms with Crippen LogP contribution in [0.4, 0.5) is 4.39 Å². The minimum Gasteiger partial charge on any atom is -0.496 e. The molecule has 2 saturated carbocycles. The molecule has 8 nitrogen and oxygen atoms in total. The largest absolute Gasteiger partial charge is 0.496 e. The van der Waals surface area contributed by atoms with Gasteiger partial charge in [0.05, 0.1) is 30.1 Å². The molecule has 2 aliphatic rings. The van der Waals surface area contributed by atoms with Crippen LogP contribution in [0.5, 0.6) is 11.5 Å². The lowest BCUT2D eigenvalue weighted by Gasteiger charge is -2.34. The summed E-state index contributed by atoms with van der Waals surface area (Å²) >= 11 is 0. The third-order valence-corrected chi connectivity index (χ3v) is 7.01. The molecule has 1 atom stereocenters. The number of carboxylic acid groups (broad SMARTS) is 1. The predicted octanol–water partition coefficient (Wildman–Crippen LogP) is 4.79. The Morgan fingerprint density at radius 3 is 2.42 bits per heavy atom. The molecule has 0 saturated heterocycles. The minimum absolute atomic E-state index is 0.0306. The van der Waals surface area contributed by atoms with Crippen molar-refractivity contribution in [3.05, 3.63) is 23.5 Å². The van der Waals surface area contributed by atoms with Crippen LogP contribution in [0.2, 0.25) is 0 Å². The molecular formula is C27H37FN2O6. The second kappa shape index (κ2) is 11.0. The summed E-state index contributed by atoms with van der Waals surface area (Å²) in [6, 6.07) is 2.38. The number of hydrogen-bond acceptors (Lipinski definition) is 5. The number of carbonyl (C=O) groups excluding carboxylic acids is 2. The van der Waals surface area contributed by atoms with E-state index in [1.54, 1.807) is 6.92 Å². The van der Waals surface area contributed by atoms with E-state index in [2.05, 4.69) is 10.3 Å². The summed E-state index contributed by atoms with van der Waals surface area (Å²) in [4.78, 5) is 41.6. The van der Waals surface area contributed by atoms with Gasteiger partial charge in [0.2, 0.25) is 5.91 Å². The monoisotopic (exact) mass is 504 g/mol. The van der Waals surface area contributed by atoms with Crippen molar-refractivity contribution in [3.8, 4) is 11.5 Å². The number of aliphatic imine (C=N–C) groups is 1. The van der Waals surface area contributed by atoms with Gasteiger partial charge in [-0.15, -0.1) is 0 Å². The van der Waals surface area contributed by atoms with Crippen molar-refractivity contribution >= 4 is 23.5 Å². The topological polar surface area (TPSA) is 114 Å². The lowest BCUT2D eigenvalue weighted by atomic mass is 9.75. The second-order valence-electron chi connectivity index (χ2n) is 11.3. The lowest BCUT2D eigenvalue weighted by Crippen LogP contribution is -2.38. The van der Waals surface area contributed by atoms with E-state index in [-0.39, 0.29) is 34.5 Å². The van der Waals surface area contributed by atoms with Crippen LogP contribution in [0.25, 0.3) is 0 Å². The second-order valence-corrected chi connectivity index (χ2v) is 11.3. The molecule has 0 aromatic heterocycles. The number of hydrogen-bond donors (Lipinski definition) is 2. The third kappa shape index (κ3) is 6.62. The van der Waals surface area contributed by atoms with Gasteiger partial charge in [0.15, 0.2) is 11.6 Å². The number of nitrogens with one attached hydrogen (secondary N) is 1. The van der Waals surface area contributed by atoms with Crippen LogP contribution in [-0.4, -0.2) is 48.4 Å². The van der Waals surface area contributed by atoms with Crippen molar-refractivity contribution < 1.29 is 33.4 Å². The molecule has 9 heteroatoms. The fraction of sp³-hybridized carbons (Fsp3) is 0.630. The number of methoxy groups -OCH3 is 1. The number of benzene rings is 1. The molecular weight excluding hydrogens is 467 g/mol. The first kappa shape index (κ1) is 27.6. The summed E-state index contributed by atoms with van der Waals surface area (Å²) in [5, 5.41) is 12.4.